The Morgan fingerprint density at radius 1 is 0.651 bits per heavy atom. The van der Waals surface area contributed by atoms with E-state index in [4.69, 9.17) is 10.8 Å². The smallest absolute Gasteiger partial charge is 0.326 e. The van der Waals surface area contributed by atoms with Gasteiger partial charge in [0, 0.05) is 19.4 Å². The Kier molecular flexibility index (Phi) is 24.2. The maximum atomic E-state index is 14.0. The number of likely N-dealkylation sites (tertiary alicyclic amines) is 1. The molecular formula is C39H64N8O15S. The van der Waals surface area contributed by atoms with Crippen molar-refractivity contribution in [3.63, 3.8) is 0 Å². The van der Waals surface area contributed by atoms with Gasteiger partial charge in [-0.15, -0.1) is 0 Å². The Bertz CT molecular complexity index is 1660. The van der Waals surface area contributed by atoms with E-state index in [9.17, 15) is 68.1 Å². The molecule has 23 nitrogen and oxygen atoms in total. The first kappa shape index (κ1) is 55.5. The number of amides is 7. The van der Waals surface area contributed by atoms with Crippen LogP contribution >= 0.6 is 11.8 Å². The number of carbonyl (C=O) groups is 11. The second-order valence-corrected chi connectivity index (χ2v) is 16.9. The largest absolute Gasteiger partial charge is 0.481 e. The Morgan fingerprint density at radius 2 is 1.13 bits per heavy atom. The number of carboxylic acid groups (broad SMARTS) is 4. The number of nitrogens with zero attached hydrogens (tertiary/aromatic N) is 1. The minimum absolute atomic E-state index is 0.00259. The molecule has 9 atom stereocenters. The van der Waals surface area contributed by atoms with Crippen LogP contribution in [0.4, 0.5) is 0 Å². The van der Waals surface area contributed by atoms with Gasteiger partial charge < -0.3 is 63.0 Å². The molecule has 63 heavy (non-hydrogen) atoms. The molecule has 1 aliphatic heterocycles. The molecule has 1 fully saturated rings. The minimum atomic E-state index is -1.80. The number of carboxylic acids is 4. The van der Waals surface area contributed by atoms with Crippen LogP contribution in [-0.2, 0) is 52.7 Å². The Balaban J connectivity index is 3.41. The normalized spacial score (nSPS) is 17.3. The van der Waals surface area contributed by atoms with E-state index >= 15 is 0 Å². The van der Waals surface area contributed by atoms with Crippen LogP contribution < -0.4 is 37.6 Å². The zero-order valence-corrected chi connectivity index (χ0v) is 37.3. The van der Waals surface area contributed by atoms with Gasteiger partial charge in [0.15, 0.2) is 0 Å². The van der Waals surface area contributed by atoms with Crippen LogP contribution in [0.3, 0.4) is 0 Å². The first-order valence-electron chi connectivity index (χ1n) is 20.7. The van der Waals surface area contributed by atoms with Crippen molar-refractivity contribution in [2.75, 3.05) is 18.6 Å². The molecule has 0 aliphatic carbocycles. The zero-order chi connectivity index (χ0) is 48.1. The average Bonchev–Trinajstić information content (AvgIpc) is 3.69. The predicted octanol–water partition coefficient (Wildman–Crippen LogP) is -1.63. The number of carbonyl (C=O) groups excluding carboxylic acids is 7. The van der Waals surface area contributed by atoms with Crippen LogP contribution in [-0.4, -0.2) is 157 Å². The number of aliphatic carboxylic acids is 4. The molecule has 0 aromatic rings. The molecule has 1 aliphatic rings. The number of nitrogens with two attached hydrogens (primary N) is 1. The third-order valence-corrected chi connectivity index (χ3v) is 10.8. The Morgan fingerprint density at radius 3 is 1.59 bits per heavy atom. The van der Waals surface area contributed by atoms with E-state index in [-0.39, 0.29) is 38.1 Å². The third kappa shape index (κ3) is 19.6. The van der Waals surface area contributed by atoms with E-state index in [1.807, 2.05) is 0 Å². The van der Waals surface area contributed by atoms with E-state index in [0.717, 1.165) is 0 Å². The highest BCUT2D eigenvalue weighted by atomic mass is 32.2. The molecular weight excluding hydrogens is 853 g/mol. The van der Waals surface area contributed by atoms with Crippen LogP contribution in [0, 0.1) is 11.8 Å². The molecule has 0 saturated carbocycles. The lowest BCUT2D eigenvalue weighted by Crippen LogP contribution is -2.61. The molecule has 0 radical (unpaired) electrons. The minimum Gasteiger partial charge on any atom is -0.481 e. The monoisotopic (exact) mass is 916 g/mol. The summed E-state index contributed by atoms with van der Waals surface area (Å²) in [5.74, 6) is -12.3. The molecule has 1 rings (SSSR count). The van der Waals surface area contributed by atoms with E-state index in [1.165, 1.54) is 23.6 Å². The lowest BCUT2D eigenvalue weighted by Gasteiger charge is -2.30. The summed E-state index contributed by atoms with van der Waals surface area (Å²) in [5, 5.41) is 52.0. The standard InChI is InChI=1S/C39H64N8O15S/c1-7-20(4)31(37(59)44-25(17-19(2)3)35(57)42-24(14-16-63-6)33(55)45-26(39(61)62)18-30(52)53)46-34(56)23(11-13-29(50)51)41-32(54)22(10-12-28(48)49)43-36(58)27-9-8-15-47(27)38(60)21(5)40/h19-27,31H,7-18,40H2,1-6H3,(H,41,54)(H,42,57)(H,43,58)(H,44,59)(H,45,55)(H,46,56)(H,48,49)(H,50,51)(H,52,53)(H,61,62)/t20-,21-,22-,23-,24-,25-,26-,27-,31-/m0/s1. The van der Waals surface area contributed by atoms with E-state index in [1.54, 1.807) is 34.0 Å². The van der Waals surface area contributed by atoms with Crippen LogP contribution in [0.15, 0.2) is 0 Å². The summed E-state index contributed by atoms with van der Waals surface area (Å²) in [6.07, 6.45) is -0.421. The van der Waals surface area contributed by atoms with Crippen molar-refractivity contribution in [2.24, 2.45) is 17.6 Å². The van der Waals surface area contributed by atoms with Crippen LogP contribution in [0.25, 0.3) is 0 Å². The van der Waals surface area contributed by atoms with Crippen molar-refractivity contribution in [3.8, 4) is 0 Å². The number of hydrogen-bond acceptors (Lipinski definition) is 13. The molecule has 0 aromatic carbocycles. The van der Waals surface area contributed by atoms with Crippen molar-refractivity contribution < 1.29 is 73.2 Å². The maximum Gasteiger partial charge on any atom is 0.326 e. The molecule has 1 heterocycles. The fourth-order valence-electron chi connectivity index (χ4n) is 6.52. The van der Waals surface area contributed by atoms with Crippen molar-refractivity contribution >= 4 is 77.0 Å². The van der Waals surface area contributed by atoms with Gasteiger partial charge in [0.2, 0.25) is 41.4 Å². The fourth-order valence-corrected chi connectivity index (χ4v) is 6.99. The second-order valence-electron chi connectivity index (χ2n) is 15.9. The van der Waals surface area contributed by atoms with Crippen molar-refractivity contribution in [1.29, 1.82) is 0 Å². The van der Waals surface area contributed by atoms with Crippen molar-refractivity contribution in [1.82, 2.24) is 36.8 Å². The Hall–Kier alpha value is -5.52. The lowest BCUT2D eigenvalue weighted by atomic mass is 9.96. The molecule has 0 bridgehead atoms. The van der Waals surface area contributed by atoms with Crippen LogP contribution in [0.5, 0.6) is 0 Å². The number of nitrogens with one attached hydrogen (secondary N) is 6. The first-order chi connectivity index (χ1) is 29.4. The number of hydrogen-bond donors (Lipinski definition) is 11. The van der Waals surface area contributed by atoms with Gasteiger partial charge in [-0.2, -0.15) is 11.8 Å². The average molecular weight is 917 g/mol. The number of thioether (sulfide) groups is 1. The van der Waals surface area contributed by atoms with Crippen LogP contribution in [0.2, 0.25) is 0 Å². The molecule has 0 spiro atoms. The van der Waals surface area contributed by atoms with Crippen molar-refractivity contribution in [2.45, 2.75) is 147 Å². The van der Waals surface area contributed by atoms with Gasteiger partial charge in [0.25, 0.3) is 0 Å². The number of rotatable bonds is 29. The first-order valence-corrected chi connectivity index (χ1v) is 22.1. The molecule has 0 aromatic heterocycles. The summed E-state index contributed by atoms with van der Waals surface area (Å²) in [6.45, 7) is 8.45. The van der Waals surface area contributed by atoms with E-state index in [0.29, 0.717) is 12.2 Å². The quantitative estimate of drug-likeness (QED) is 0.0401. The van der Waals surface area contributed by atoms with E-state index < -0.39 is 152 Å². The van der Waals surface area contributed by atoms with Gasteiger partial charge in [-0.1, -0.05) is 34.1 Å². The fraction of sp³-hybridized carbons (Fsp3) is 0.718. The molecule has 12 N–H and O–H groups in total. The summed E-state index contributed by atoms with van der Waals surface area (Å²) in [5.41, 5.74) is 5.73. The van der Waals surface area contributed by atoms with Crippen LogP contribution in [0.1, 0.15) is 98.8 Å². The maximum absolute atomic E-state index is 14.0. The highest BCUT2D eigenvalue weighted by Crippen LogP contribution is 2.19. The summed E-state index contributed by atoms with van der Waals surface area (Å²) in [4.78, 5) is 142. The van der Waals surface area contributed by atoms with E-state index in [2.05, 4.69) is 31.9 Å². The molecule has 356 valence electrons. The van der Waals surface area contributed by atoms with Gasteiger partial charge in [-0.25, -0.2) is 4.79 Å². The van der Waals surface area contributed by atoms with Gasteiger partial charge in [-0.3, -0.25) is 47.9 Å². The van der Waals surface area contributed by atoms with Gasteiger partial charge >= 0.3 is 23.9 Å². The summed E-state index contributed by atoms with van der Waals surface area (Å²) in [7, 11) is 0. The predicted molar refractivity (Wildman–Crippen MR) is 226 cm³/mol. The summed E-state index contributed by atoms with van der Waals surface area (Å²) < 4.78 is 0. The van der Waals surface area contributed by atoms with Gasteiger partial charge in [0.1, 0.15) is 42.3 Å². The third-order valence-electron chi connectivity index (χ3n) is 10.2. The van der Waals surface area contributed by atoms with Gasteiger partial charge in [-0.05, 0) is 69.3 Å². The highest BCUT2D eigenvalue weighted by Gasteiger charge is 2.39. The topological polar surface area (TPSA) is 370 Å². The summed E-state index contributed by atoms with van der Waals surface area (Å²) in [6, 6.07) is -11.0. The highest BCUT2D eigenvalue weighted by molar-refractivity contribution is 7.98. The second kappa shape index (κ2) is 27.5. The lowest BCUT2D eigenvalue weighted by molar-refractivity contribution is -0.147. The zero-order valence-electron chi connectivity index (χ0n) is 36.5. The summed E-state index contributed by atoms with van der Waals surface area (Å²) >= 11 is 1.31. The van der Waals surface area contributed by atoms with Crippen molar-refractivity contribution in [3.05, 3.63) is 0 Å². The molecule has 24 heteroatoms. The molecule has 0 unspecified atom stereocenters. The molecule has 7 amide bonds. The van der Waals surface area contributed by atoms with Gasteiger partial charge in [0.05, 0.1) is 12.5 Å². The Labute approximate surface area is 369 Å². The SMILES string of the molecule is CC[C@H](C)[C@H](NC(=O)[C@H](CCC(=O)O)NC(=O)[C@H](CCC(=O)O)NC(=O)[C@@H]1CCCN1C(=O)[C@H](C)N)C(=O)N[C@@H](CC(C)C)C(=O)N[C@@H](CCSC)C(=O)N[C@@H](CC(=O)O)C(=O)O. The molecule has 1 saturated heterocycles.